The van der Waals surface area contributed by atoms with E-state index in [1.165, 1.54) is 4.90 Å². The number of likely N-dealkylation sites (tertiary alicyclic amines) is 1. The Bertz CT molecular complexity index is 1140. The lowest BCUT2D eigenvalue weighted by Crippen LogP contribution is -2.54. The zero-order valence-electron chi connectivity index (χ0n) is 18.2. The van der Waals surface area contributed by atoms with Crippen molar-refractivity contribution in [1.82, 2.24) is 15.2 Å². The molecule has 0 radical (unpaired) electrons. The molecule has 3 atom stereocenters. The average Bonchev–Trinajstić information content (AvgIpc) is 3.46. The van der Waals surface area contributed by atoms with Crippen molar-refractivity contribution >= 4 is 28.7 Å². The van der Waals surface area contributed by atoms with E-state index in [1.54, 1.807) is 6.20 Å². The number of carbonyl (C=O) groups is 3. The van der Waals surface area contributed by atoms with E-state index < -0.39 is 30.0 Å². The first-order chi connectivity index (χ1) is 15.9. The molecular formula is C25H28N4O4. The minimum absolute atomic E-state index is 0.138. The third kappa shape index (κ3) is 5.06. The van der Waals surface area contributed by atoms with E-state index in [-0.39, 0.29) is 12.3 Å². The van der Waals surface area contributed by atoms with Crippen LogP contribution in [-0.4, -0.2) is 57.4 Å². The van der Waals surface area contributed by atoms with Crippen LogP contribution in [0.5, 0.6) is 0 Å². The molecule has 1 aromatic heterocycles. The number of carbonyl (C=O) groups excluding carboxylic acids is 2. The number of carboxylic acid groups (broad SMARTS) is 1. The van der Waals surface area contributed by atoms with Crippen LogP contribution in [0.2, 0.25) is 0 Å². The fraction of sp³-hybridized carbons (Fsp3) is 0.320. The highest BCUT2D eigenvalue weighted by atomic mass is 16.4. The summed E-state index contributed by atoms with van der Waals surface area (Å²) in [5, 5.41) is 13.3. The Hall–Kier alpha value is -3.65. The number of hydrogen-bond acceptors (Lipinski definition) is 4. The van der Waals surface area contributed by atoms with Gasteiger partial charge in [-0.05, 0) is 36.5 Å². The van der Waals surface area contributed by atoms with Crippen LogP contribution in [0.3, 0.4) is 0 Å². The van der Waals surface area contributed by atoms with Crippen molar-refractivity contribution in [3.8, 4) is 0 Å². The van der Waals surface area contributed by atoms with Crippen molar-refractivity contribution in [3.63, 3.8) is 0 Å². The molecule has 1 fully saturated rings. The van der Waals surface area contributed by atoms with E-state index >= 15 is 0 Å². The molecule has 5 N–H and O–H groups in total. The number of nitrogens with two attached hydrogens (primary N) is 1. The van der Waals surface area contributed by atoms with Crippen molar-refractivity contribution in [3.05, 3.63) is 71.9 Å². The first kappa shape index (κ1) is 22.5. The van der Waals surface area contributed by atoms with E-state index in [2.05, 4.69) is 10.3 Å². The molecule has 2 amide bonds. The third-order valence-corrected chi connectivity index (χ3v) is 6.17. The lowest BCUT2D eigenvalue weighted by Gasteiger charge is -2.28. The molecule has 0 unspecified atom stereocenters. The number of benzene rings is 2. The number of nitrogens with one attached hydrogen (secondary N) is 2. The maximum atomic E-state index is 13.0. The molecule has 0 aliphatic carbocycles. The Kier molecular flexibility index (Phi) is 6.74. The van der Waals surface area contributed by atoms with Gasteiger partial charge in [0, 0.05) is 30.1 Å². The smallest absolute Gasteiger partial charge is 0.326 e. The zero-order chi connectivity index (χ0) is 23.4. The van der Waals surface area contributed by atoms with E-state index in [0.29, 0.717) is 25.8 Å². The molecule has 3 aromatic rings. The van der Waals surface area contributed by atoms with Gasteiger partial charge in [0.25, 0.3) is 0 Å². The summed E-state index contributed by atoms with van der Waals surface area (Å²) >= 11 is 0. The SMILES string of the molecule is N[C@@H](Cc1ccccc1)C(=O)N1CCC[C@H]1C(=O)N[C@@H](Cc1c[nH]c2ccccc12)C(=O)O. The van der Waals surface area contributed by atoms with Crippen LogP contribution in [0.4, 0.5) is 0 Å². The fourth-order valence-corrected chi connectivity index (χ4v) is 4.46. The van der Waals surface area contributed by atoms with Crippen LogP contribution in [-0.2, 0) is 27.2 Å². The lowest BCUT2D eigenvalue weighted by atomic mass is 10.0. The zero-order valence-corrected chi connectivity index (χ0v) is 18.2. The molecule has 2 aromatic carbocycles. The van der Waals surface area contributed by atoms with Gasteiger partial charge in [0.1, 0.15) is 12.1 Å². The molecule has 8 nitrogen and oxygen atoms in total. The van der Waals surface area contributed by atoms with E-state index in [4.69, 9.17) is 5.73 Å². The summed E-state index contributed by atoms with van der Waals surface area (Å²) in [7, 11) is 0. The molecule has 0 bridgehead atoms. The van der Waals surface area contributed by atoms with Gasteiger partial charge in [-0.3, -0.25) is 9.59 Å². The van der Waals surface area contributed by atoms with Gasteiger partial charge in [0.2, 0.25) is 11.8 Å². The number of H-pyrrole nitrogens is 1. The van der Waals surface area contributed by atoms with Crippen molar-refractivity contribution in [2.75, 3.05) is 6.54 Å². The number of aromatic nitrogens is 1. The van der Waals surface area contributed by atoms with Gasteiger partial charge in [0.15, 0.2) is 0 Å². The Balaban J connectivity index is 1.43. The molecule has 33 heavy (non-hydrogen) atoms. The summed E-state index contributed by atoms with van der Waals surface area (Å²) in [6.45, 7) is 0.430. The highest BCUT2D eigenvalue weighted by Gasteiger charge is 2.37. The third-order valence-electron chi connectivity index (χ3n) is 6.17. The number of carboxylic acids is 1. The highest BCUT2D eigenvalue weighted by Crippen LogP contribution is 2.21. The minimum Gasteiger partial charge on any atom is -0.480 e. The largest absolute Gasteiger partial charge is 0.480 e. The van der Waals surface area contributed by atoms with Crippen molar-refractivity contribution in [2.45, 2.75) is 43.8 Å². The number of fused-ring (bicyclic) bond motifs is 1. The highest BCUT2D eigenvalue weighted by molar-refractivity contribution is 5.93. The number of aromatic amines is 1. The van der Waals surface area contributed by atoms with Crippen LogP contribution in [0.25, 0.3) is 10.9 Å². The quantitative estimate of drug-likeness (QED) is 0.418. The van der Waals surface area contributed by atoms with Crippen molar-refractivity contribution < 1.29 is 19.5 Å². The predicted molar refractivity (Wildman–Crippen MR) is 124 cm³/mol. The molecule has 172 valence electrons. The van der Waals surface area contributed by atoms with Gasteiger partial charge in [-0.15, -0.1) is 0 Å². The second kappa shape index (κ2) is 9.87. The molecule has 4 rings (SSSR count). The van der Waals surface area contributed by atoms with Gasteiger partial charge in [-0.2, -0.15) is 0 Å². The normalized spacial score (nSPS) is 17.6. The average molecular weight is 449 g/mol. The molecule has 2 heterocycles. The monoisotopic (exact) mass is 448 g/mol. The Morgan fingerprint density at radius 1 is 1.09 bits per heavy atom. The van der Waals surface area contributed by atoms with Gasteiger partial charge < -0.3 is 26.0 Å². The number of para-hydroxylation sites is 1. The fourth-order valence-electron chi connectivity index (χ4n) is 4.46. The van der Waals surface area contributed by atoms with Gasteiger partial charge in [-0.25, -0.2) is 4.79 Å². The van der Waals surface area contributed by atoms with E-state index in [0.717, 1.165) is 22.0 Å². The summed E-state index contributed by atoms with van der Waals surface area (Å²) in [5.41, 5.74) is 8.82. The van der Waals surface area contributed by atoms with Crippen LogP contribution < -0.4 is 11.1 Å². The Labute approximate surface area is 191 Å². The summed E-state index contributed by atoms with van der Waals surface area (Å²) < 4.78 is 0. The van der Waals surface area contributed by atoms with Crippen LogP contribution in [0.1, 0.15) is 24.0 Å². The molecule has 0 saturated carbocycles. The molecular weight excluding hydrogens is 420 g/mol. The molecule has 8 heteroatoms. The topological polar surface area (TPSA) is 129 Å². The molecule has 1 aliphatic heterocycles. The lowest BCUT2D eigenvalue weighted by molar-refractivity contribution is -0.144. The first-order valence-electron chi connectivity index (χ1n) is 11.1. The van der Waals surface area contributed by atoms with Crippen molar-refractivity contribution in [2.24, 2.45) is 5.73 Å². The maximum Gasteiger partial charge on any atom is 0.326 e. The summed E-state index contributed by atoms with van der Waals surface area (Å²) in [6, 6.07) is 14.5. The number of nitrogens with zero attached hydrogens (tertiary/aromatic N) is 1. The second-order valence-corrected chi connectivity index (χ2v) is 8.45. The second-order valence-electron chi connectivity index (χ2n) is 8.45. The van der Waals surface area contributed by atoms with Gasteiger partial charge >= 0.3 is 5.97 Å². The summed E-state index contributed by atoms with van der Waals surface area (Å²) in [6.07, 6.45) is 3.43. The van der Waals surface area contributed by atoms with Gasteiger partial charge in [0.05, 0.1) is 6.04 Å². The maximum absolute atomic E-state index is 13.0. The first-order valence-corrected chi connectivity index (χ1v) is 11.1. The number of amides is 2. The van der Waals surface area contributed by atoms with Gasteiger partial charge in [-0.1, -0.05) is 48.5 Å². The number of hydrogen-bond donors (Lipinski definition) is 4. The van der Waals surface area contributed by atoms with Crippen LogP contribution in [0.15, 0.2) is 60.8 Å². The van der Waals surface area contributed by atoms with E-state index in [9.17, 15) is 19.5 Å². The Morgan fingerprint density at radius 3 is 2.58 bits per heavy atom. The number of rotatable bonds is 8. The molecule has 1 saturated heterocycles. The predicted octanol–water partition coefficient (Wildman–Crippen LogP) is 1.84. The summed E-state index contributed by atoms with van der Waals surface area (Å²) in [4.78, 5) is 42.5. The van der Waals surface area contributed by atoms with Crippen molar-refractivity contribution in [1.29, 1.82) is 0 Å². The van der Waals surface area contributed by atoms with E-state index in [1.807, 2.05) is 54.6 Å². The summed E-state index contributed by atoms with van der Waals surface area (Å²) in [5.74, 6) is -1.87. The minimum atomic E-state index is -1.12. The standard InChI is InChI=1S/C25H28N4O4/c26-19(13-16-7-2-1-3-8-16)24(31)29-12-6-11-22(29)23(30)28-21(25(32)33)14-17-15-27-20-10-5-4-9-18(17)20/h1-5,7-10,15,19,21-22,27H,6,11-14,26H2,(H,28,30)(H,32,33)/t19-,21-,22-/m0/s1. The molecule has 0 spiro atoms. The van der Waals surface area contributed by atoms with Crippen LogP contribution in [0, 0.1) is 0 Å². The Morgan fingerprint density at radius 2 is 1.82 bits per heavy atom. The van der Waals surface area contributed by atoms with Crippen LogP contribution >= 0.6 is 0 Å². The number of aliphatic carboxylic acids is 1. The molecule has 1 aliphatic rings.